The summed E-state index contributed by atoms with van der Waals surface area (Å²) in [6.45, 7) is 1.90. The van der Waals surface area contributed by atoms with Crippen LogP contribution >= 0.6 is 11.3 Å². The quantitative estimate of drug-likeness (QED) is 0.689. The molecule has 2 aromatic rings. The molecule has 0 spiro atoms. The Morgan fingerprint density at radius 2 is 2.00 bits per heavy atom. The standard InChI is InChI=1S/C14H15NO3S/c1-8-4-5-19-14(8)13(16)10-6-9(17-2)7-11(18-3)12(10)15/h4-7H,15H2,1-3H3. The Bertz CT molecular complexity index is 619. The highest BCUT2D eigenvalue weighted by molar-refractivity contribution is 7.12. The molecular formula is C14H15NO3S. The molecule has 19 heavy (non-hydrogen) atoms. The Kier molecular flexibility index (Phi) is 3.76. The zero-order chi connectivity index (χ0) is 14.0. The van der Waals surface area contributed by atoms with Crippen LogP contribution in [0.2, 0.25) is 0 Å². The largest absolute Gasteiger partial charge is 0.497 e. The highest BCUT2D eigenvalue weighted by atomic mass is 32.1. The second kappa shape index (κ2) is 5.32. The lowest BCUT2D eigenvalue weighted by molar-refractivity contribution is 0.104. The molecule has 0 atom stereocenters. The van der Waals surface area contributed by atoms with Crippen LogP contribution in [0.25, 0.3) is 0 Å². The van der Waals surface area contributed by atoms with Crippen molar-refractivity contribution in [3.63, 3.8) is 0 Å². The predicted octanol–water partition coefficient (Wildman–Crippen LogP) is 2.89. The van der Waals surface area contributed by atoms with Crippen LogP contribution in [-0.4, -0.2) is 20.0 Å². The highest BCUT2D eigenvalue weighted by Gasteiger charge is 2.19. The van der Waals surface area contributed by atoms with Gasteiger partial charge in [-0.05, 0) is 30.0 Å². The third-order valence-corrected chi connectivity index (χ3v) is 3.90. The molecule has 0 aliphatic carbocycles. The van der Waals surface area contributed by atoms with Crippen molar-refractivity contribution in [1.82, 2.24) is 0 Å². The number of ether oxygens (including phenoxy) is 2. The lowest BCUT2D eigenvalue weighted by Gasteiger charge is -2.11. The number of benzene rings is 1. The van der Waals surface area contributed by atoms with Gasteiger partial charge in [0.2, 0.25) is 5.78 Å². The third-order valence-electron chi connectivity index (χ3n) is 2.88. The average Bonchev–Trinajstić information content (AvgIpc) is 2.84. The van der Waals surface area contributed by atoms with Gasteiger partial charge in [0.05, 0.1) is 30.3 Å². The van der Waals surface area contributed by atoms with Crippen molar-refractivity contribution in [2.24, 2.45) is 0 Å². The van der Waals surface area contributed by atoms with Crippen LogP contribution in [0, 0.1) is 6.92 Å². The van der Waals surface area contributed by atoms with E-state index in [1.807, 2.05) is 18.4 Å². The molecule has 0 radical (unpaired) electrons. The van der Waals surface area contributed by atoms with Gasteiger partial charge in [-0.25, -0.2) is 0 Å². The second-order valence-electron chi connectivity index (χ2n) is 4.05. The van der Waals surface area contributed by atoms with Crippen molar-refractivity contribution in [2.75, 3.05) is 20.0 Å². The Hall–Kier alpha value is -2.01. The molecule has 1 aromatic carbocycles. The lowest BCUT2D eigenvalue weighted by Crippen LogP contribution is -2.07. The molecule has 1 heterocycles. The van der Waals surface area contributed by atoms with Gasteiger partial charge in [0.25, 0.3) is 0 Å². The molecule has 1 aromatic heterocycles. The van der Waals surface area contributed by atoms with Gasteiger partial charge in [0, 0.05) is 6.07 Å². The average molecular weight is 277 g/mol. The first-order valence-electron chi connectivity index (χ1n) is 5.68. The first-order chi connectivity index (χ1) is 9.08. The van der Waals surface area contributed by atoms with Gasteiger partial charge in [-0.15, -0.1) is 11.3 Å². The molecule has 100 valence electrons. The Morgan fingerprint density at radius 1 is 1.26 bits per heavy atom. The summed E-state index contributed by atoms with van der Waals surface area (Å²) in [6, 6.07) is 5.21. The van der Waals surface area contributed by atoms with E-state index in [0.717, 1.165) is 5.56 Å². The minimum absolute atomic E-state index is 0.109. The first kappa shape index (κ1) is 13.4. The maximum atomic E-state index is 12.5. The van der Waals surface area contributed by atoms with Crippen LogP contribution in [0.5, 0.6) is 11.5 Å². The highest BCUT2D eigenvalue weighted by Crippen LogP contribution is 2.33. The van der Waals surface area contributed by atoms with E-state index in [0.29, 0.717) is 27.6 Å². The fourth-order valence-corrected chi connectivity index (χ4v) is 2.68. The van der Waals surface area contributed by atoms with Crippen molar-refractivity contribution >= 4 is 22.8 Å². The van der Waals surface area contributed by atoms with E-state index in [4.69, 9.17) is 15.2 Å². The normalized spacial score (nSPS) is 10.3. The minimum Gasteiger partial charge on any atom is -0.497 e. The molecule has 0 amide bonds. The van der Waals surface area contributed by atoms with Crippen molar-refractivity contribution in [3.05, 3.63) is 39.6 Å². The molecule has 2 N–H and O–H groups in total. The summed E-state index contributed by atoms with van der Waals surface area (Å²) in [4.78, 5) is 13.2. The fourth-order valence-electron chi connectivity index (χ4n) is 1.80. The van der Waals surface area contributed by atoms with E-state index < -0.39 is 0 Å². The molecule has 0 aliphatic rings. The number of thiophene rings is 1. The van der Waals surface area contributed by atoms with Gasteiger partial charge in [0.15, 0.2) is 0 Å². The van der Waals surface area contributed by atoms with Crippen LogP contribution in [0.1, 0.15) is 20.8 Å². The first-order valence-corrected chi connectivity index (χ1v) is 6.56. The summed E-state index contributed by atoms with van der Waals surface area (Å²) < 4.78 is 10.3. The Labute approximate surface area is 115 Å². The third kappa shape index (κ3) is 2.42. The molecule has 0 unspecified atom stereocenters. The summed E-state index contributed by atoms with van der Waals surface area (Å²) in [7, 11) is 3.05. The number of nitrogens with two attached hydrogens (primary N) is 1. The molecule has 4 nitrogen and oxygen atoms in total. The van der Waals surface area contributed by atoms with Crippen molar-refractivity contribution in [1.29, 1.82) is 0 Å². The van der Waals surface area contributed by atoms with Gasteiger partial charge in [-0.1, -0.05) is 0 Å². The predicted molar refractivity (Wildman–Crippen MR) is 76.4 cm³/mol. The Balaban J connectivity index is 2.55. The minimum atomic E-state index is -0.109. The van der Waals surface area contributed by atoms with E-state index in [1.54, 1.807) is 12.1 Å². The van der Waals surface area contributed by atoms with Crippen molar-refractivity contribution < 1.29 is 14.3 Å². The summed E-state index contributed by atoms with van der Waals surface area (Å²) in [5.74, 6) is 0.878. The van der Waals surface area contributed by atoms with E-state index >= 15 is 0 Å². The van der Waals surface area contributed by atoms with Gasteiger partial charge in [0.1, 0.15) is 11.5 Å². The molecule has 0 bridgehead atoms. The summed E-state index contributed by atoms with van der Waals surface area (Å²) >= 11 is 1.40. The number of rotatable bonds is 4. The van der Waals surface area contributed by atoms with E-state index in [9.17, 15) is 4.79 Å². The number of anilines is 1. The second-order valence-corrected chi connectivity index (χ2v) is 4.97. The summed E-state index contributed by atoms with van der Waals surface area (Å²) in [6.07, 6.45) is 0. The van der Waals surface area contributed by atoms with E-state index in [2.05, 4.69) is 0 Å². The van der Waals surface area contributed by atoms with Crippen LogP contribution in [-0.2, 0) is 0 Å². The number of methoxy groups -OCH3 is 2. The van der Waals surface area contributed by atoms with Crippen molar-refractivity contribution in [2.45, 2.75) is 6.92 Å². The summed E-state index contributed by atoms with van der Waals surface area (Å²) in [5.41, 5.74) is 7.66. The number of hydrogen-bond donors (Lipinski definition) is 1. The van der Waals surface area contributed by atoms with Gasteiger partial charge in [-0.2, -0.15) is 0 Å². The SMILES string of the molecule is COc1cc(OC)c(N)c(C(=O)c2sccc2C)c1. The fraction of sp³-hybridized carbons (Fsp3) is 0.214. The van der Waals surface area contributed by atoms with Crippen LogP contribution in [0.4, 0.5) is 5.69 Å². The number of hydrogen-bond acceptors (Lipinski definition) is 5. The monoisotopic (exact) mass is 277 g/mol. The molecule has 2 rings (SSSR count). The molecule has 0 saturated carbocycles. The maximum Gasteiger partial charge on any atom is 0.205 e. The lowest BCUT2D eigenvalue weighted by atomic mass is 10.0. The van der Waals surface area contributed by atoms with E-state index in [1.165, 1.54) is 25.6 Å². The topological polar surface area (TPSA) is 61.6 Å². The maximum absolute atomic E-state index is 12.5. The van der Waals surface area contributed by atoms with Crippen LogP contribution < -0.4 is 15.2 Å². The smallest absolute Gasteiger partial charge is 0.205 e. The van der Waals surface area contributed by atoms with Crippen LogP contribution in [0.3, 0.4) is 0 Å². The number of aryl methyl sites for hydroxylation is 1. The van der Waals surface area contributed by atoms with Gasteiger partial charge < -0.3 is 15.2 Å². The number of nitrogen functional groups attached to an aromatic ring is 1. The molecule has 5 heteroatoms. The number of carbonyl (C=O) groups excluding carboxylic acids is 1. The molecular weight excluding hydrogens is 262 g/mol. The van der Waals surface area contributed by atoms with Crippen molar-refractivity contribution in [3.8, 4) is 11.5 Å². The molecule has 0 fully saturated rings. The summed E-state index contributed by atoms with van der Waals surface area (Å²) in [5, 5.41) is 1.89. The zero-order valence-corrected chi connectivity index (χ0v) is 11.8. The zero-order valence-electron chi connectivity index (χ0n) is 11.0. The van der Waals surface area contributed by atoms with E-state index in [-0.39, 0.29) is 5.78 Å². The number of ketones is 1. The van der Waals surface area contributed by atoms with Gasteiger partial charge >= 0.3 is 0 Å². The van der Waals surface area contributed by atoms with Gasteiger partial charge in [-0.3, -0.25) is 4.79 Å². The molecule has 0 aliphatic heterocycles. The number of carbonyl (C=O) groups is 1. The Morgan fingerprint density at radius 3 is 2.53 bits per heavy atom. The van der Waals surface area contributed by atoms with Crippen LogP contribution in [0.15, 0.2) is 23.6 Å². The molecule has 0 saturated heterocycles.